The van der Waals surface area contributed by atoms with Crippen LogP contribution in [0.15, 0.2) is 36.8 Å². The van der Waals surface area contributed by atoms with Gasteiger partial charge in [0.05, 0.1) is 6.20 Å². The van der Waals surface area contributed by atoms with Gasteiger partial charge in [0, 0.05) is 63.3 Å². The van der Waals surface area contributed by atoms with Crippen LogP contribution in [0.2, 0.25) is 0 Å². The van der Waals surface area contributed by atoms with E-state index in [-0.39, 0.29) is 5.92 Å². The molecule has 0 atom stereocenters. The van der Waals surface area contributed by atoms with Crippen molar-refractivity contribution < 1.29 is 4.79 Å². The SMILES string of the molecule is Cc1cccc(N2CCN(C(=O)C3CCN(c4cnccn4)CC3)CC2)c1C. The van der Waals surface area contributed by atoms with Crippen molar-refractivity contribution in [2.24, 2.45) is 5.92 Å². The van der Waals surface area contributed by atoms with Gasteiger partial charge in [-0.05, 0) is 43.9 Å². The maximum absolute atomic E-state index is 13.0. The third-order valence-electron chi connectivity index (χ3n) is 6.23. The lowest BCUT2D eigenvalue weighted by Crippen LogP contribution is -2.52. The highest BCUT2D eigenvalue weighted by Gasteiger charge is 2.31. The van der Waals surface area contributed by atoms with E-state index in [9.17, 15) is 4.79 Å². The molecule has 2 aliphatic heterocycles. The fraction of sp³-hybridized carbons (Fsp3) is 0.500. The van der Waals surface area contributed by atoms with Gasteiger partial charge < -0.3 is 14.7 Å². The first kappa shape index (κ1) is 18.7. The molecule has 6 heteroatoms. The van der Waals surface area contributed by atoms with Crippen molar-refractivity contribution in [1.82, 2.24) is 14.9 Å². The van der Waals surface area contributed by atoms with Crippen LogP contribution < -0.4 is 9.80 Å². The fourth-order valence-corrected chi connectivity index (χ4v) is 4.31. The molecule has 2 aliphatic rings. The lowest BCUT2D eigenvalue weighted by Gasteiger charge is -2.40. The molecule has 0 aliphatic carbocycles. The normalized spacial score (nSPS) is 18.4. The minimum atomic E-state index is 0.139. The Kier molecular flexibility index (Phi) is 5.46. The summed E-state index contributed by atoms with van der Waals surface area (Å²) in [7, 11) is 0. The molecule has 6 nitrogen and oxygen atoms in total. The van der Waals surface area contributed by atoms with Gasteiger partial charge in [0.15, 0.2) is 0 Å². The van der Waals surface area contributed by atoms with E-state index in [2.05, 4.69) is 56.7 Å². The van der Waals surface area contributed by atoms with Crippen molar-refractivity contribution in [3.05, 3.63) is 47.9 Å². The van der Waals surface area contributed by atoms with E-state index in [1.54, 1.807) is 18.6 Å². The van der Waals surface area contributed by atoms with E-state index < -0.39 is 0 Å². The molecule has 1 aromatic heterocycles. The van der Waals surface area contributed by atoms with Gasteiger partial charge >= 0.3 is 0 Å². The highest BCUT2D eigenvalue weighted by atomic mass is 16.2. The number of piperazine rings is 1. The number of carbonyl (C=O) groups is 1. The molecule has 0 N–H and O–H groups in total. The Hall–Kier alpha value is -2.63. The Balaban J connectivity index is 1.30. The molecule has 0 spiro atoms. The average Bonchev–Trinajstić information content (AvgIpc) is 2.76. The minimum absolute atomic E-state index is 0.139. The second kappa shape index (κ2) is 8.17. The van der Waals surface area contributed by atoms with Gasteiger partial charge in [-0.2, -0.15) is 0 Å². The number of aryl methyl sites for hydroxylation is 1. The maximum Gasteiger partial charge on any atom is 0.225 e. The molecular formula is C22H29N5O. The number of benzene rings is 1. The number of carbonyl (C=O) groups excluding carboxylic acids is 1. The molecule has 2 fully saturated rings. The summed E-state index contributed by atoms with van der Waals surface area (Å²) in [5.74, 6) is 1.38. The Bertz CT molecular complexity index is 809. The van der Waals surface area contributed by atoms with Gasteiger partial charge in [-0.25, -0.2) is 4.98 Å². The lowest BCUT2D eigenvalue weighted by molar-refractivity contribution is -0.136. The molecule has 28 heavy (non-hydrogen) atoms. The monoisotopic (exact) mass is 379 g/mol. The number of anilines is 2. The molecule has 2 aromatic rings. The van der Waals surface area contributed by atoms with Crippen LogP contribution in [-0.4, -0.2) is 60.0 Å². The van der Waals surface area contributed by atoms with Crippen LogP contribution in [0.1, 0.15) is 24.0 Å². The fourth-order valence-electron chi connectivity index (χ4n) is 4.31. The zero-order valence-corrected chi connectivity index (χ0v) is 16.8. The van der Waals surface area contributed by atoms with E-state index >= 15 is 0 Å². The van der Waals surface area contributed by atoms with Crippen molar-refractivity contribution in [3.8, 4) is 0 Å². The highest BCUT2D eigenvalue weighted by molar-refractivity contribution is 5.79. The van der Waals surface area contributed by atoms with Gasteiger partial charge in [0.1, 0.15) is 5.82 Å². The zero-order valence-electron chi connectivity index (χ0n) is 16.8. The molecule has 4 rings (SSSR count). The number of hydrogen-bond acceptors (Lipinski definition) is 5. The molecule has 1 aromatic carbocycles. The first-order valence-corrected chi connectivity index (χ1v) is 10.2. The largest absolute Gasteiger partial charge is 0.368 e. The number of hydrogen-bond donors (Lipinski definition) is 0. The van der Waals surface area contributed by atoms with E-state index in [1.165, 1.54) is 16.8 Å². The van der Waals surface area contributed by atoms with Crippen LogP contribution in [0.5, 0.6) is 0 Å². The summed E-state index contributed by atoms with van der Waals surface area (Å²) in [6, 6.07) is 6.48. The van der Waals surface area contributed by atoms with Gasteiger partial charge in [-0.15, -0.1) is 0 Å². The van der Waals surface area contributed by atoms with Crippen LogP contribution in [-0.2, 0) is 4.79 Å². The second-order valence-electron chi connectivity index (χ2n) is 7.86. The van der Waals surface area contributed by atoms with Crippen LogP contribution in [0, 0.1) is 19.8 Å². The number of rotatable bonds is 3. The standard InChI is InChI=1S/C22H29N5O/c1-17-4-3-5-20(18(17)2)25-12-14-27(15-13-25)22(28)19-6-10-26(11-7-19)21-16-23-8-9-24-21/h3-5,8-9,16,19H,6-7,10-15H2,1-2H3. The summed E-state index contributed by atoms with van der Waals surface area (Å²) in [5, 5.41) is 0. The van der Waals surface area contributed by atoms with Gasteiger partial charge in [-0.3, -0.25) is 9.78 Å². The first-order valence-electron chi connectivity index (χ1n) is 10.2. The lowest BCUT2D eigenvalue weighted by atomic mass is 9.95. The van der Waals surface area contributed by atoms with Crippen molar-refractivity contribution >= 4 is 17.4 Å². The van der Waals surface area contributed by atoms with Gasteiger partial charge in [-0.1, -0.05) is 12.1 Å². The van der Waals surface area contributed by atoms with E-state index in [1.807, 2.05) is 0 Å². The van der Waals surface area contributed by atoms with Crippen molar-refractivity contribution in [1.29, 1.82) is 0 Å². The molecule has 2 saturated heterocycles. The quantitative estimate of drug-likeness (QED) is 0.821. The van der Waals surface area contributed by atoms with Crippen LogP contribution in [0.4, 0.5) is 11.5 Å². The Morgan fingerprint density at radius 3 is 2.39 bits per heavy atom. The van der Waals surface area contributed by atoms with Gasteiger partial charge in [0.25, 0.3) is 0 Å². The summed E-state index contributed by atoms with van der Waals surface area (Å²) in [5.41, 5.74) is 3.98. The smallest absolute Gasteiger partial charge is 0.225 e. The van der Waals surface area contributed by atoms with Crippen molar-refractivity contribution in [3.63, 3.8) is 0 Å². The molecule has 3 heterocycles. The van der Waals surface area contributed by atoms with Gasteiger partial charge in [0.2, 0.25) is 5.91 Å². The predicted octanol–water partition coefficient (Wildman–Crippen LogP) is 2.66. The molecule has 0 unspecified atom stereocenters. The maximum atomic E-state index is 13.0. The Morgan fingerprint density at radius 2 is 1.71 bits per heavy atom. The summed E-state index contributed by atoms with van der Waals surface area (Å²) in [4.78, 5) is 28.3. The molecule has 1 amide bonds. The number of amides is 1. The summed E-state index contributed by atoms with van der Waals surface area (Å²) in [6.45, 7) is 9.55. The minimum Gasteiger partial charge on any atom is -0.368 e. The Labute approximate surface area is 167 Å². The van der Waals surface area contributed by atoms with E-state index in [4.69, 9.17) is 0 Å². The highest BCUT2D eigenvalue weighted by Crippen LogP contribution is 2.26. The first-order chi connectivity index (χ1) is 13.6. The molecule has 0 bridgehead atoms. The number of nitrogens with zero attached hydrogens (tertiary/aromatic N) is 5. The van der Waals surface area contributed by atoms with Crippen LogP contribution >= 0.6 is 0 Å². The number of piperidine rings is 1. The van der Waals surface area contributed by atoms with E-state index in [0.717, 1.165) is 57.9 Å². The van der Waals surface area contributed by atoms with Crippen molar-refractivity contribution in [2.75, 3.05) is 49.1 Å². The molecule has 0 saturated carbocycles. The van der Waals surface area contributed by atoms with Crippen LogP contribution in [0.25, 0.3) is 0 Å². The zero-order chi connectivity index (χ0) is 19.5. The molecule has 0 radical (unpaired) electrons. The van der Waals surface area contributed by atoms with Crippen LogP contribution in [0.3, 0.4) is 0 Å². The summed E-state index contributed by atoms with van der Waals surface area (Å²) in [6.07, 6.45) is 7.01. The molecular weight excluding hydrogens is 350 g/mol. The summed E-state index contributed by atoms with van der Waals surface area (Å²) >= 11 is 0. The topological polar surface area (TPSA) is 52.6 Å². The molecule has 148 valence electrons. The summed E-state index contributed by atoms with van der Waals surface area (Å²) < 4.78 is 0. The third-order valence-corrected chi connectivity index (χ3v) is 6.23. The third kappa shape index (κ3) is 3.81. The van der Waals surface area contributed by atoms with E-state index in [0.29, 0.717) is 5.91 Å². The average molecular weight is 380 g/mol. The second-order valence-corrected chi connectivity index (χ2v) is 7.86. The predicted molar refractivity (Wildman–Crippen MR) is 112 cm³/mol. The number of aromatic nitrogens is 2. The Morgan fingerprint density at radius 1 is 0.964 bits per heavy atom. The van der Waals surface area contributed by atoms with Crippen molar-refractivity contribution in [2.45, 2.75) is 26.7 Å².